The molecule has 2 rings (SSSR count). The summed E-state index contributed by atoms with van der Waals surface area (Å²) < 4.78 is 16.8. The minimum Gasteiger partial charge on any atom is -0.494 e. The monoisotopic (exact) mass is 491 g/mol. The molecule has 0 spiro atoms. The van der Waals surface area contributed by atoms with Gasteiger partial charge in [-0.3, -0.25) is 4.99 Å². The first-order valence-electron chi connectivity index (χ1n) is 9.67. The Labute approximate surface area is 180 Å². The molecule has 0 aliphatic carbocycles. The van der Waals surface area contributed by atoms with Gasteiger partial charge in [0.25, 0.3) is 0 Å². The number of benzene rings is 1. The molecule has 6 nitrogen and oxygen atoms in total. The molecule has 1 unspecified atom stereocenters. The average Bonchev–Trinajstić information content (AvgIpc) is 3.18. The molecule has 2 N–H and O–H groups in total. The SMILES string of the molecule is CCCCOc1cccc(CNC(=NC)NCCCOC2CCOC2)c1.I. The molecule has 0 aromatic heterocycles. The molecule has 1 aliphatic rings. The van der Waals surface area contributed by atoms with Crippen molar-refractivity contribution in [2.24, 2.45) is 4.99 Å². The number of aliphatic imine (C=N–C) groups is 1. The molecule has 1 heterocycles. The molecule has 1 aromatic carbocycles. The lowest BCUT2D eigenvalue weighted by atomic mass is 10.2. The van der Waals surface area contributed by atoms with Gasteiger partial charge in [-0.2, -0.15) is 0 Å². The molecular weight excluding hydrogens is 457 g/mol. The van der Waals surface area contributed by atoms with Gasteiger partial charge in [-0.25, -0.2) is 0 Å². The number of ether oxygens (including phenoxy) is 3. The fraction of sp³-hybridized carbons (Fsp3) is 0.650. The number of nitrogens with one attached hydrogen (secondary N) is 2. The molecule has 0 saturated carbocycles. The van der Waals surface area contributed by atoms with Crippen molar-refractivity contribution in [3.63, 3.8) is 0 Å². The standard InChI is InChI=1S/C20H33N3O3.HI/c1-3-4-11-25-18-8-5-7-17(14-18)15-23-20(21-2)22-10-6-12-26-19-9-13-24-16-19;/h5,7-8,14,19H,3-4,6,9-13,15-16H2,1-2H3,(H2,21,22,23);1H. The Morgan fingerprint density at radius 2 is 2.15 bits per heavy atom. The van der Waals surface area contributed by atoms with Crippen LogP contribution in [0.1, 0.15) is 38.2 Å². The van der Waals surface area contributed by atoms with Gasteiger partial charge in [0, 0.05) is 33.4 Å². The third kappa shape index (κ3) is 10.2. The van der Waals surface area contributed by atoms with Crippen molar-refractivity contribution < 1.29 is 14.2 Å². The van der Waals surface area contributed by atoms with Gasteiger partial charge in [-0.1, -0.05) is 25.5 Å². The third-order valence-corrected chi connectivity index (χ3v) is 4.20. The predicted molar refractivity (Wildman–Crippen MR) is 120 cm³/mol. The Kier molecular flexibility index (Phi) is 13.3. The van der Waals surface area contributed by atoms with Gasteiger partial charge in [0.1, 0.15) is 5.75 Å². The lowest BCUT2D eigenvalue weighted by Gasteiger charge is -2.14. The minimum atomic E-state index is 0. The number of hydrogen-bond donors (Lipinski definition) is 2. The van der Waals surface area contributed by atoms with E-state index in [1.165, 1.54) is 5.56 Å². The fourth-order valence-electron chi connectivity index (χ4n) is 2.66. The van der Waals surface area contributed by atoms with E-state index in [0.29, 0.717) is 6.54 Å². The smallest absolute Gasteiger partial charge is 0.191 e. The number of halogens is 1. The van der Waals surface area contributed by atoms with E-state index in [1.54, 1.807) is 7.05 Å². The maximum Gasteiger partial charge on any atom is 0.191 e. The zero-order valence-corrected chi connectivity index (χ0v) is 18.9. The van der Waals surface area contributed by atoms with E-state index in [9.17, 15) is 0 Å². The van der Waals surface area contributed by atoms with Gasteiger partial charge < -0.3 is 24.8 Å². The molecule has 1 atom stereocenters. The van der Waals surface area contributed by atoms with Gasteiger partial charge in [0.15, 0.2) is 5.96 Å². The second kappa shape index (κ2) is 14.9. The summed E-state index contributed by atoms with van der Waals surface area (Å²) in [5.74, 6) is 1.72. The van der Waals surface area contributed by atoms with Crippen LogP contribution in [0.25, 0.3) is 0 Å². The van der Waals surface area contributed by atoms with Crippen LogP contribution in [0.2, 0.25) is 0 Å². The molecule has 0 bridgehead atoms. The van der Waals surface area contributed by atoms with Crippen molar-refractivity contribution in [1.29, 1.82) is 0 Å². The van der Waals surface area contributed by atoms with Crippen molar-refractivity contribution >= 4 is 29.9 Å². The predicted octanol–water partition coefficient (Wildman–Crippen LogP) is 3.34. The molecule has 1 aromatic rings. The highest BCUT2D eigenvalue weighted by Gasteiger charge is 2.15. The van der Waals surface area contributed by atoms with Gasteiger partial charge >= 0.3 is 0 Å². The van der Waals surface area contributed by atoms with Crippen molar-refractivity contribution in [3.05, 3.63) is 29.8 Å². The summed E-state index contributed by atoms with van der Waals surface area (Å²) in [6.45, 7) is 6.77. The topological polar surface area (TPSA) is 64.1 Å². The van der Waals surface area contributed by atoms with E-state index >= 15 is 0 Å². The summed E-state index contributed by atoms with van der Waals surface area (Å²) in [6.07, 6.45) is 4.45. The van der Waals surface area contributed by atoms with E-state index in [1.807, 2.05) is 12.1 Å². The van der Waals surface area contributed by atoms with E-state index in [4.69, 9.17) is 14.2 Å². The molecule has 1 saturated heterocycles. The molecule has 154 valence electrons. The number of rotatable bonds is 11. The number of nitrogens with zero attached hydrogens (tertiary/aromatic N) is 1. The lowest BCUT2D eigenvalue weighted by Crippen LogP contribution is -2.37. The maximum absolute atomic E-state index is 5.76. The van der Waals surface area contributed by atoms with Crippen LogP contribution >= 0.6 is 24.0 Å². The van der Waals surface area contributed by atoms with Gasteiger partial charge in [0.05, 0.1) is 19.3 Å². The first kappa shape index (κ1) is 24.0. The summed E-state index contributed by atoms with van der Waals surface area (Å²) in [5, 5.41) is 6.65. The largest absolute Gasteiger partial charge is 0.494 e. The Morgan fingerprint density at radius 1 is 1.26 bits per heavy atom. The maximum atomic E-state index is 5.76. The molecule has 0 amide bonds. The Balaban J connectivity index is 0.00000364. The van der Waals surface area contributed by atoms with Crippen LogP contribution in [0.3, 0.4) is 0 Å². The zero-order valence-electron chi connectivity index (χ0n) is 16.5. The Hall–Kier alpha value is -1.06. The van der Waals surface area contributed by atoms with Gasteiger partial charge in [-0.15, -0.1) is 24.0 Å². The number of unbranched alkanes of at least 4 members (excludes halogenated alkanes) is 1. The first-order chi connectivity index (χ1) is 12.8. The summed E-state index contributed by atoms with van der Waals surface area (Å²) in [4.78, 5) is 4.26. The number of hydrogen-bond acceptors (Lipinski definition) is 4. The molecule has 27 heavy (non-hydrogen) atoms. The van der Waals surface area contributed by atoms with Gasteiger partial charge in [0.2, 0.25) is 0 Å². The highest BCUT2D eigenvalue weighted by molar-refractivity contribution is 14.0. The second-order valence-corrected chi connectivity index (χ2v) is 6.41. The fourth-order valence-corrected chi connectivity index (χ4v) is 2.66. The summed E-state index contributed by atoms with van der Waals surface area (Å²) in [6, 6.07) is 8.19. The molecule has 1 aliphatic heterocycles. The first-order valence-corrected chi connectivity index (χ1v) is 9.67. The molecule has 1 fully saturated rings. The van der Waals surface area contributed by atoms with Crippen LogP contribution in [0.15, 0.2) is 29.3 Å². The van der Waals surface area contributed by atoms with Crippen LogP contribution in [0.5, 0.6) is 5.75 Å². The van der Waals surface area contributed by atoms with Crippen molar-refractivity contribution in [2.45, 2.75) is 45.3 Å². The van der Waals surface area contributed by atoms with Crippen LogP contribution < -0.4 is 15.4 Å². The summed E-state index contributed by atoms with van der Waals surface area (Å²) in [7, 11) is 1.78. The average molecular weight is 491 g/mol. The van der Waals surface area contributed by atoms with Crippen LogP contribution in [0.4, 0.5) is 0 Å². The van der Waals surface area contributed by atoms with E-state index in [2.05, 4.69) is 34.7 Å². The van der Waals surface area contributed by atoms with E-state index in [-0.39, 0.29) is 30.1 Å². The second-order valence-electron chi connectivity index (χ2n) is 6.41. The Morgan fingerprint density at radius 3 is 2.89 bits per heavy atom. The third-order valence-electron chi connectivity index (χ3n) is 4.20. The van der Waals surface area contributed by atoms with Crippen LogP contribution in [-0.4, -0.2) is 52.1 Å². The van der Waals surface area contributed by atoms with Crippen LogP contribution in [-0.2, 0) is 16.0 Å². The molecular formula is C20H34IN3O3. The van der Waals surface area contributed by atoms with E-state index < -0.39 is 0 Å². The Bertz CT molecular complexity index is 537. The van der Waals surface area contributed by atoms with Crippen molar-refractivity contribution in [2.75, 3.05) is 40.0 Å². The normalized spacial score (nSPS) is 16.7. The molecule has 7 heteroatoms. The number of guanidine groups is 1. The highest BCUT2D eigenvalue weighted by atomic mass is 127. The van der Waals surface area contributed by atoms with Gasteiger partial charge in [-0.05, 0) is 37.0 Å². The van der Waals surface area contributed by atoms with Crippen molar-refractivity contribution in [3.8, 4) is 5.75 Å². The zero-order chi connectivity index (χ0) is 18.5. The van der Waals surface area contributed by atoms with Crippen LogP contribution in [0, 0.1) is 0 Å². The van der Waals surface area contributed by atoms with Crippen molar-refractivity contribution in [1.82, 2.24) is 10.6 Å². The van der Waals surface area contributed by atoms with E-state index in [0.717, 1.165) is 70.4 Å². The summed E-state index contributed by atoms with van der Waals surface area (Å²) >= 11 is 0. The quantitative estimate of drug-likeness (QED) is 0.215. The lowest BCUT2D eigenvalue weighted by molar-refractivity contribution is 0.0420. The highest BCUT2D eigenvalue weighted by Crippen LogP contribution is 2.13. The molecule has 0 radical (unpaired) electrons. The minimum absolute atomic E-state index is 0. The summed E-state index contributed by atoms with van der Waals surface area (Å²) in [5.41, 5.74) is 1.17.